The molecule has 1 aromatic heterocycles. The van der Waals surface area contributed by atoms with Gasteiger partial charge in [-0.2, -0.15) is 0 Å². The maximum Gasteiger partial charge on any atom is 0.216 e. The molecule has 0 aliphatic heterocycles. The molecule has 0 saturated carbocycles. The summed E-state index contributed by atoms with van der Waals surface area (Å²) in [7, 11) is 0. The highest BCUT2D eigenvalue weighted by Gasteiger charge is 2.18. The molecule has 0 spiro atoms. The van der Waals surface area contributed by atoms with E-state index in [0.717, 1.165) is 0 Å². The first-order chi connectivity index (χ1) is 8.91. The van der Waals surface area contributed by atoms with Gasteiger partial charge in [-0.15, -0.1) is 0 Å². The molecule has 6 nitrogen and oxygen atoms in total. The molecule has 0 aliphatic carbocycles. The monoisotopic (exact) mass is 266 g/mol. The maximum absolute atomic E-state index is 11.1. The molecule has 3 N–H and O–H groups in total. The predicted molar refractivity (Wildman–Crippen MR) is 68.5 cm³/mol. The second-order valence-corrected chi connectivity index (χ2v) is 4.32. The number of nitrogens with one attached hydrogen (secondary N) is 1. The Kier molecular flexibility index (Phi) is 5.59. The summed E-state index contributed by atoms with van der Waals surface area (Å²) in [5.74, 6) is -0.346. The lowest BCUT2D eigenvalue weighted by Gasteiger charge is -2.18. The van der Waals surface area contributed by atoms with Crippen molar-refractivity contribution in [2.45, 2.75) is 32.5 Å². The van der Waals surface area contributed by atoms with Crippen molar-refractivity contribution in [2.75, 3.05) is 6.54 Å². The number of aromatic nitrogens is 1. The number of Topliss-reactive ketones (excluding diaryl/α,β-unsaturated/α-hetero) is 1. The van der Waals surface area contributed by atoms with E-state index in [2.05, 4.69) is 10.3 Å². The molecular formula is C13H18N2O4. The minimum Gasteiger partial charge on any atom is -0.390 e. The number of hydrogen-bond acceptors (Lipinski definition) is 5. The molecule has 0 radical (unpaired) electrons. The van der Waals surface area contributed by atoms with E-state index in [1.165, 1.54) is 26.1 Å². The standard InChI is InChI=1S/C13H18N2O4/c1-8(16)11-4-3-10(7-15-11)13(19)12(18)5-6-14-9(2)17/h3-4,7,12-13,18-19H,5-6H2,1-2H3,(H,14,17). The van der Waals surface area contributed by atoms with Crippen molar-refractivity contribution in [3.05, 3.63) is 29.6 Å². The van der Waals surface area contributed by atoms with Crippen LogP contribution >= 0.6 is 0 Å². The van der Waals surface area contributed by atoms with Crippen LogP contribution in [0.1, 0.15) is 42.4 Å². The molecule has 1 heterocycles. The molecule has 2 atom stereocenters. The molecule has 0 aromatic carbocycles. The van der Waals surface area contributed by atoms with Gasteiger partial charge in [0.15, 0.2) is 5.78 Å². The summed E-state index contributed by atoms with van der Waals surface area (Å²) in [6, 6.07) is 3.05. The van der Waals surface area contributed by atoms with Crippen molar-refractivity contribution in [1.82, 2.24) is 10.3 Å². The van der Waals surface area contributed by atoms with Gasteiger partial charge in [-0.1, -0.05) is 6.07 Å². The molecule has 1 rings (SSSR count). The van der Waals surface area contributed by atoms with Gasteiger partial charge in [0.05, 0.1) is 6.10 Å². The SMILES string of the molecule is CC(=O)NCCC(O)C(O)c1ccc(C(C)=O)nc1. The second kappa shape index (κ2) is 6.96. The third-order valence-corrected chi connectivity index (χ3v) is 2.67. The van der Waals surface area contributed by atoms with Gasteiger partial charge in [0.25, 0.3) is 0 Å². The van der Waals surface area contributed by atoms with Gasteiger partial charge >= 0.3 is 0 Å². The van der Waals surface area contributed by atoms with Gasteiger partial charge in [0, 0.05) is 32.2 Å². The van der Waals surface area contributed by atoms with E-state index in [9.17, 15) is 19.8 Å². The van der Waals surface area contributed by atoms with Crippen LogP contribution in [0.2, 0.25) is 0 Å². The Bertz CT molecular complexity index is 444. The van der Waals surface area contributed by atoms with Crippen molar-refractivity contribution < 1.29 is 19.8 Å². The largest absolute Gasteiger partial charge is 0.390 e. The number of rotatable bonds is 6. The zero-order valence-corrected chi connectivity index (χ0v) is 11.0. The number of aliphatic hydroxyl groups excluding tert-OH is 2. The number of amides is 1. The van der Waals surface area contributed by atoms with Crippen molar-refractivity contribution >= 4 is 11.7 Å². The van der Waals surface area contributed by atoms with Crippen LogP contribution in [0.15, 0.2) is 18.3 Å². The smallest absolute Gasteiger partial charge is 0.216 e. The molecule has 0 aliphatic rings. The summed E-state index contributed by atoms with van der Waals surface area (Å²) in [4.78, 5) is 25.6. The third kappa shape index (κ3) is 4.76. The second-order valence-electron chi connectivity index (χ2n) is 4.32. The van der Waals surface area contributed by atoms with E-state index >= 15 is 0 Å². The summed E-state index contributed by atoms with van der Waals surface area (Å²) in [5.41, 5.74) is 0.740. The summed E-state index contributed by atoms with van der Waals surface area (Å²) in [5, 5.41) is 22.2. The Labute approximate surface area is 111 Å². The van der Waals surface area contributed by atoms with Crippen LogP contribution in [0.4, 0.5) is 0 Å². The van der Waals surface area contributed by atoms with E-state index in [4.69, 9.17) is 0 Å². The number of hydrogen-bond donors (Lipinski definition) is 3. The normalized spacial score (nSPS) is 13.7. The highest BCUT2D eigenvalue weighted by molar-refractivity contribution is 5.91. The van der Waals surface area contributed by atoms with Crippen LogP contribution < -0.4 is 5.32 Å². The van der Waals surface area contributed by atoms with E-state index < -0.39 is 12.2 Å². The van der Waals surface area contributed by atoms with Crippen LogP contribution in [-0.4, -0.2) is 39.5 Å². The molecule has 104 valence electrons. The number of nitrogens with zero attached hydrogens (tertiary/aromatic N) is 1. The molecule has 6 heteroatoms. The quantitative estimate of drug-likeness (QED) is 0.639. The molecule has 1 amide bonds. The first kappa shape index (κ1) is 15.3. The van der Waals surface area contributed by atoms with E-state index in [1.807, 2.05) is 0 Å². The molecule has 19 heavy (non-hydrogen) atoms. The molecule has 1 aromatic rings. The minimum atomic E-state index is -1.10. The zero-order chi connectivity index (χ0) is 14.4. The summed E-state index contributed by atoms with van der Waals surface area (Å²) in [6.45, 7) is 3.07. The van der Waals surface area contributed by atoms with Crippen molar-refractivity contribution in [2.24, 2.45) is 0 Å². The maximum atomic E-state index is 11.1. The van der Waals surface area contributed by atoms with Gasteiger partial charge in [0.2, 0.25) is 5.91 Å². The number of ketones is 1. The number of aliphatic hydroxyl groups is 2. The fourth-order valence-corrected chi connectivity index (χ4v) is 1.56. The van der Waals surface area contributed by atoms with Gasteiger partial charge < -0.3 is 15.5 Å². The first-order valence-electron chi connectivity index (χ1n) is 5.99. The lowest BCUT2D eigenvalue weighted by molar-refractivity contribution is -0.119. The Hall–Kier alpha value is -1.79. The molecule has 0 bridgehead atoms. The Morgan fingerprint density at radius 3 is 2.47 bits per heavy atom. The summed E-state index contributed by atoms with van der Waals surface area (Å²) < 4.78 is 0. The van der Waals surface area contributed by atoms with Crippen LogP contribution in [0.5, 0.6) is 0 Å². The van der Waals surface area contributed by atoms with Gasteiger partial charge in [-0.3, -0.25) is 14.6 Å². The van der Waals surface area contributed by atoms with Crippen LogP contribution in [0.3, 0.4) is 0 Å². The molecule has 0 fully saturated rings. The van der Waals surface area contributed by atoms with Crippen molar-refractivity contribution in [1.29, 1.82) is 0 Å². The minimum absolute atomic E-state index is 0.160. The Morgan fingerprint density at radius 1 is 1.32 bits per heavy atom. The lowest BCUT2D eigenvalue weighted by Crippen LogP contribution is -2.27. The topological polar surface area (TPSA) is 99.5 Å². The summed E-state index contributed by atoms with van der Waals surface area (Å²) in [6.07, 6.45) is -0.503. The van der Waals surface area contributed by atoms with E-state index in [-0.39, 0.29) is 24.7 Å². The molecule has 2 unspecified atom stereocenters. The highest BCUT2D eigenvalue weighted by atomic mass is 16.3. The summed E-state index contributed by atoms with van der Waals surface area (Å²) >= 11 is 0. The average Bonchev–Trinajstić information content (AvgIpc) is 2.37. The fourth-order valence-electron chi connectivity index (χ4n) is 1.56. The van der Waals surface area contributed by atoms with Crippen molar-refractivity contribution in [3.63, 3.8) is 0 Å². The lowest BCUT2D eigenvalue weighted by atomic mass is 10.0. The van der Waals surface area contributed by atoms with E-state index in [1.54, 1.807) is 6.07 Å². The Morgan fingerprint density at radius 2 is 2.00 bits per heavy atom. The first-order valence-corrected chi connectivity index (χ1v) is 5.99. The third-order valence-electron chi connectivity index (χ3n) is 2.67. The number of carbonyl (C=O) groups excluding carboxylic acids is 2. The predicted octanol–water partition coefficient (Wildman–Crippen LogP) is 0.205. The number of pyridine rings is 1. The number of carbonyl (C=O) groups is 2. The average molecular weight is 266 g/mol. The van der Waals surface area contributed by atoms with E-state index in [0.29, 0.717) is 11.3 Å². The zero-order valence-electron chi connectivity index (χ0n) is 11.0. The fraction of sp³-hybridized carbons (Fsp3) is 0.462. The van der Waals surface area contributed by atoms with Gasteiger partial charge in [0.1, 0.15) is 11.8 Å². The molecule has 0 saturated heterocycles. The van der Waals surface area contributed by atoms with Crippen molar-refractivity contribution in [3.8, 4) is 0 Å². The van der Waals surface area contributed by atoms with Crippen LogP contribution in [-0.2, 0) is 4.79 Å². The van der Waals surface area contributed by atoms with Crippen LogP contribution in [0, 0.1) is 0 Å². The van der Waals surface area contributed by atoms with Gasteiger partial charge in [-0.05, 0) is 12.5 Å². The van der Waals surface area contributed by atoms with Crippen LogP contribution in [0.25, 0.3) is 0 Å². The highest BCUT2D eigenvalue weighted by Crippen LogP contribution is 2.18. The molecular weight excluding hydrogens is 248 g/mol. The van der Waals surface area contributed by atoms with Gasteiger partial charge in [-0.25, -0.2) is 0 Å². The Balaban J connectivity index is 2.58.